The van der Waals surface area contributed by atoms with Gasteiger partial charge in [-0.25, -0.2) is 0 Å². The van der Waals surface area contributed by atoms with E-state index in [-0.39, 0.29) is 35.3 Å². The number of carbonyl (C=O) groups excluding carboxylic acids is 2. The Balaban J connectivity index is 0.000000287. The van der Waals surface area contributed by atoms with Crippen LogP contribution in [0.15, 0.2) is 83.8 Å². The number of aromatic nitrogens is 1. The maximum atomic E-state index is 12.5. The van der Waals surface area contributed by atoms with Gasteiger partial charge in [0, 0.05) is 6.20 Å². The minimum Gasteiger partial charge on any atom is -0.368 e. The molecule has 1 aromatic heterocycles. The SMILES string of the molecule is CNC(CCCNC(C)N)C(N)=O.O=Cc1cccn(C(c2ccccc2)c2ccccc2)c1=O. The first-order valence-corrected chi connectivity index (χ1v) is 11.6. The molecule has 6 N–H and O–H groups in total. The van der Waals surface area contributed by atoms with Crippen LogP contribution < -0.4 is 27.7 Å². The van der Waals surface area contributed by atoms with E-state index in [1.807, 2.05) is 67.6 Å². The molecule has 186 valence electrons. The van der Waals surface area contributed by atoms with Gasteiger partial charge in [-0.2, -0.15) is 0 Å². The van der Waals surface area contributed by atoms with Crippen molar-refractivity contribution in [3.8, 4) is 0 Å². The smallest absolute Gasteiger partial charge is 0.261 e. The van der Waals surface area contributed by atoms with Gasteiger partial charge in [0.2, 0.25) is 5.91 Å². The minimum atomic E-state index is -0.303. The Morgan fingerprint density at radius 1 is 1.00 bits per heavy atom. The summed E-state index contributed by atoms with van der Waals surface area (Å²) in [6.45, 7) is 2.69. The van der Waals surface area contributed by atoms with Crippen molar-refractivity contribution in [2.24, 2.45) is 11.5 Å². The maximum Gasteiger partial charge on any atom is 0.261 e. The van der Waals surface area contributed by atoms with Gasteiger partial charge in [0.25, 0.3) is 5.56 Å². The van der Waals surface area contributed by atoms with Crippen molar-refractivity contribution in [2.45, 2.75) is 38.0 Å². The number of amides is 1. The maximum absolute atomic E-state index is 12.5. The van der Waals surface area contributed by atoms with Crippen LogP contribution in [-0.2, 0) is 4.79 Å². The van der Waals surface area contributed by atoms with Gasteiger partial charge in [0.15, 0.2) is 6.29 Å². The predicted octanol–water partition coefficient (Wildman–Crippen LogP) is 2.03. The van der Waals surface area contributed by atoms with E-state index >= 15 is 0 Å². The number of pyridine rings is 1. The number of nitrogens with two attached hydrogens (primary N) is 2. The van der Waals surface area contributed by atoms with Crippen LogP contribution in [0.25, 0.3) is 0 Å². The van der Waals surface area contributed by atoms with Crippen LogP contribution in [0.3, 0.4) is 0 Å². The van der Waals surface area contributed by atoms with Crippen molar-refractivity contribution < 1.29 is 9.59 Å². The van der Waals surface area contributed by atoms with Gasteiger partial charge in [-0.15, -0.1) is 0 Å². The molecule has 1 heterocycles. The van der Waals surface area contributed by atoms with Gasteiger partial charge in [0.05, 0.1) is 23.8 Å². The molecule has 2 aromatic carbocycles. The molecule has 0 saturated heterocycles. The number of likely N-dealkylation sites (N-methyl/N-ethyl adjacent to an activating group) is 1. The zero-order chi connectivity index (χ0) is 25.6. The summed E-state index contributed by atoms with van der Waals surface area (Å²) in [4.78, 5) is 34.4. The lowest BCUT2D eigenvalue weighted by Crippen LogP contribution is -2.40. The lowest BCUT2D eigenvalue weighted by Gasteiger charge is -2.21. The van der Waals surface area contributed by atoms with E-state index in [0.29, 0.717) is 6.29 Å². The molecule has 0 aliphatic carbocycles. The molecule has 8 nitrogen and oxygen atoms in total. The number of hydrogen-bond donors (Lipinski definition) is 4. The molecule has 3 aromatic rings. The summed E-state index contributed by atoms with van der Waals surface area (Å²) in [7, 11) is 1.73. The first kappa shape index (κ1) is 27.7. The van der Waals surface area contributed by atoms with Gasteiger partial charge < -0.3 is 26.7 Å². The van der Waals surface area contributed by atoms with Crippen LogP contribution in [-0.4, -0.2) is 42.6 Å². The molecule has 0 aliphatic rings. The monoisotopic (exact) mass is 477 g/mol. The molecular weight excluding hydrogens is 442 g/mol. The Morgan fingerprint density at radius 3 is 2.03 bits per heavy atom. The molecule has 0 saturated carbocycles. The minimum absolute atomic E-state index is 0.00149. The van der Waals surface area contributed by atoms with Crippen LogP contribution in [0.5, 0.6) is 0 Å². The van der Waals surface area contributed by atoms with E-state index in [9.17, 15) is 14.4 Å². The van der Waals surface area contributed by atoms with E-state index in [0.717, 1.165) is 30.5 Å². The van der Waals surface area contributed by atoms with Crippen LogP contribution in [0.4, 0.5) is 0 Å². The molecule has 8 heteroatoms. The van der Waals surface area contributed by atoms with Crippen molar-refractivity contribution in [2.75, 3.05) is 13.6 Å². The topological polar surface area (TPSA) is 132 Å². The van der Waals surface area contributed by atoms with Crippen molar-refractivity contribution in [3.05, 3.63) is 106 Å². The van der Waals surface area contributed by atoms with Gasteiger partial charge in [0.1, 0.15) is 0 Å². The van der Waals surface area contributed by atoms with Crippen LogP contribution in [0, 0.1) is 0 Å². The lowest BCUT2D eigenvalue weighted by molar-refractivity contribution is -0.120. The van der Waals surface area contributed by atoms with Gasteiger partial charge in [-0.3, -0.25) is 14.4 Å². The second kappa shape index (κ2) is 14.6. The summed E-state index contributed by atoms with van der Waals surface area (Å²) in [5, 5.41) is 5.92. The second-order valence-corrected chi connectivity index (χ2v) is 8.15. The zero-order valence-corrected chi connectivity index (χ0v) is 20.3. The molecule has 2 atom stereocenters. The molecule has 0 spiro atoms. The average molecular weight is 478 g/mol. The number of primary amides is 1. The number of rotatable bonds is 11. The highest BCUT2D eigenvalue weighted by atomic mass is 16.1. The van der Waals surface area contributed by atoms with Crippen LogP contribution in [0.2, 0.25) is 0 Å². The largest absolute Gasteiger partial charge is 0.368 e. The number of hydrogen-bond acceptors (Lipinski definition) is 6. The lowest BCUT2D eigenvalue weighted by atomic mass is 9.98. The van der Waals surface area contributed by atoms with Gasteiger partial charge >= 0.3 is 0 Å². The molecule has 0 bridgehead atoms. The summed E-state index contributed by atoms with van der Waals surface area (Å²) in [6.07, 6.45) is 3.95. The first-order chi connectivity index (χ1) is 16.9. The fraction of sp³-hybridized carbons (Fsp3) is 0.296. The first-order valence-electron chi connectivity index (χ1n) is 11.6. The van der Waals surface area contributed by atoms with E-state index in [2.05, 4.69) is 10.6 Å². The predicted molar refractivity (Wildman–Crippen MR) is 139 cm³/mol. The van der Waals surface area contributed by atoms with Crippen LogP contribution >= 0.6 is 0 Å². The highest BCUT2D eigenvalue weighted by Crippen LogP contribution is 2.25. The standard InChI is InChI=1S/C19H15NO2.C8H20N4O/c21-14-17-12-7-13-20(19(17)22)18(15-8-3-1-4-9-15)16-10-5-2-6-11-16;1-6(9)12-5-3-4-7(11-2)8(10)13/h1-14,18H;6-7,11-12H,3-5,9H2,1-2H3,(H2,10,13). The fourth-order valence-corrected chi connectivity index (χ4v) is 3.67. The molecule has 3 rings (SSSR count). The highest BCUT2D eigenvalue weighted by Gasteiger charge is 2.18. The third-order valence-corrected chi connectivity index (χ3v) is 5.47. The van der Waals surface area contributed by atoms with Gasteiger partial charge in [-0.05, 0) is 56.6 Å². The molecular formula is C27H35N5O3. The molecule has 35 heavy (non-hydrogen) atoms. The second-order valence-electron chi connectivity index (χ2n) is 8.15. The summed E-state index contributed by atoms with van der Waals surface area (Å²) in [6, 6.07) is 22.4. The Hall–Kier alpha value is -3.59. The van der Waals surface area contributed by atoms with E-state index in [4.69, 9.17) is 11.5 Å². The molecule has 2 unspecified atom stereocenters. The number of benzene rings is 2. The van der Waals surface area contributed by atoms with Crippen molar-refractivity contribution >= 4 is 12.2 Å². The molecule has 0 radical (unpaired) electrons. The summed E-state index contributed by atoms with van der Waals surface area (Å²) >= 11 is 0. The average Bonchev–Trinajstić information content (AvgIpc) is 2.86. The Labute approximate surface area is 206 Å². The number of aldehydes is 1. The quantitative estimate of drug-likeness (QED) is 0.190. The van der Waals surface area contributed by atoms with Crippen LogP contribution in [0.1, 0.15) is 47.3 Å². The summed E-state index contributed by atoms with van der Waals surface area (Å²) in [5.74, 6) is -0.303. The normalized spacial score (nSPS) is 12.3. The third kappa shape index (κ3) is 8.60. The molecule has 0 fully saturated rings. The summed E-state index contributed by atoms with van der Waals surface area (Å²) in [5.41, 5.74) is 12.5. The summed E-state index contributed by atoms with van der Waals surface area (Å²) < 4.78 is 1.61. The Morgan fingerprint density at radius 2 is 1.57 bits per heavy atom. The number of carbonyl (C=O) groups is 2. The number of nitrogens with one attached hydrogen (secondary N) is 2. The fourth-order valence-electron chi connectivity index (χ4n) is 3.67. The van der Waals surface area contributed by atoms with E-state index in [1.54, 1.807) is 29.9 Å². The molecule has 1 amide bonds. The van der Waals surface area contributed by atoms with Crippen molar-refractivity contribution in [3.63, 3.8) is 0 Å². The third-order valence-electron chi connectivity index (χ3n) is 5.47. The zero-order valence-electron chi connectivity index (χ0n) is 20.3. The molecule has 0 aliphatic heterocycles. The number of nitrogens with zero attached hydrogens (tertiary/aromatic N) is 1. The Bertz CT molecular complexity index is 1060. The Kier molecular flexibility index (Phi) is 11.6. The van der Waals surface area contributed by atoms with Gasteiger partial charge in [-0.1, -0.05) is 60.7 Å². The van der Waals surface area contributed by atoms with E-state index < -0.39 is 0 Å². The van der Waals surface area contributed by atoms with E-state index in [1.165, 1.54) is 0 Å². The van der Waals surface area contributed by atoms with Crippen molar-refractivity contribution in [1.29, 1.82) is 0 Å². The van der Waals surface area contributed by atoms with Crippen molar-refractivity contribution in [1.82, 2.24) is 15.2 Å². The highest BCUT2D eigenvalue weighted by molar-refractivity contribution is 5.79.